The van der Waals surface area contributed by atoms with Gasteiger partial charge in [-0.1, -0.05) is 36.4 Å². The smallest absolute Gasteiger partial charge is 0.118 e. The summed E-state index contributed by atoms with van der Waals surface area (Å²) < 4.78 is 10.3. The van der Waals surface area contributed by atoms with Crippen LogP contribution in [0, 0.1) is 0 Å². The fraction of sp³-hybridized carbons (Fsp3) is 0.300. The van der Waals surface area contributed by atoms with Gasteiger partial charge in [-0.25, -0.2) is 0 Å². The van der Waals surface area contributed by atoms with E-state index >= 15 is 0 Å². The summed E-state index contributed by atoms with van der Waals surface area (Å²) >= 11 is 0. The third-order valence-corrected chi connectivity index (χ3v) is 3.68. The third kappa shape index (κ3) is 5.28. The molecule has 0 aliphatic carbocycles. The molecule has 0 spiro atoms. The minimum absolute atomic E-state index is 0.916. The van der Waals surface area contributed by atoms with Gasteiger partial charge in [0.2, 0.25) is 0 Å². The lowest BCUT2D eigenvalue weighted by atomic mass is 10.1. The molecule has 0 heterocycles. The number of allylic oxidation sites excluding steroid dienone is 2. The number of hydrogen-bond acceptors (Lipinski definition) is 2. The van der Waals surface area contributed by atoms with Crippen LogP contribution < -0.4 is 9.47 Å². The lowest BCUT2D eigenvalue weighted by Crippen LogP contribution is -1.86. The highest BCUT2D eigenvalue weighted by Crippen LogP contribution is 2.14. The van der Waals surface area contributed by atoms with Crippen LogP contribution in [-0.4, -0.2) is 14.2 Å². The van der Waals surface area contributed by atoms with Crippen molar-refractivity contribution in [3.8, 4) is 11.5 Å². The Balaban J connectivity index is 1.66. The molecule has 0 amide bonds. The molecule has 0 atom stereocenters. The molecule has 0 fully saturated rings. The first-order valence-electron chi connectivity index (χ1n) is 7.72. The van der Waals surface area contributed by atoms with Crippen LogP contribution in [0.2, 0.25) is 0 Å². The summed E-state index contributed by atoms with van der Waals surface area (Å²) in [6, 6.07) is 16.6. The Morgan fingerprint density at radius 2 is 1.00 bits per heavy atom. The molecule has 0 N–H and O–H groups in total. The summed E-state index contributed by atoms with van der Waals surface area (Å²) in [7, 11) is 3.39. The minimum Gasteiger partial charge on any atom is -0.497 e. The molecule has 0 saturated carbocycles. The fourth-order valence-electron chi connectivity index (χ4n) is 2.32. The number of methoxy groups -OCH3 is 2. The van der Waals surface area contributed by atoms with E-state index in [9.17, 15) is 0 Å². The molecule has 2 heteroatoms. The molecule has 0 bridgehead atoms. The van der Waals surface area contributed by atoms with Gasteiger partial charge < -0.3 is 9.47 Å². The summed E-state index contributed by atoms with van der Waals surface area (Å²) in [5.41, 5.74) is 2.70. The van der Waals surface area contributed by atoms with Crippen LogP contribution in [0.5, 0.6) is 11.5 Å². The zero-order valence-corrected chi connectivity index (χ0v) is 13.4. The highest BCUT2D eigenvalue weighted by atomic mass is 16.5. The van der Waals surface area contributed by atoms with Crippen molar-refractivity contribution in [3.05, 3.63) is 71.8 Å². The average Bonchev–Trinajstić information content (AvgIpc) is 2.59. The first-order valence-corrected chi connectivity index (χ1v) is 7.72. The van der Waals surface area contributed by atoms with E-state index in [1.54, 1.807) is 14.2 Å². The number of rotatable bonds is 8. The monoisotopic (exact) mass is 296 g/mol. The van der Waals surface area contributed by atoms with Gasteiger partial charge in [-0.05, 0) is 61.1 Å². The standard InChI is InChI=1S/C20H24O2/c1-21-19-13-9-17(10-14-19)7-5-3-4-6-8-18-11-15-20(22-2)16-12-18/h3-4,9-16H,5-8H2,1-2H3/b4-3-. The van der Waals surface area contributed by atoms with Crippen LogP contribution in [0.25, 0.3) is 0 Å². The summed E-state index contributed by atoms with van der Waals surface area (Å²) in [5, 5.41) is 0. The minimum atomic E-state index is 0.916. The zero-order valence-electron chi connectivity index (χ0n) is 13.4. The molecular formula is C20H24O2. The Labute approximate surface area is 133 Å². The third-order valence-electron chi connectivity index (χ3n) is 3.68. The highest BCUT2D eigenvalue weighted by Gasteiger charge is 1.94. The Bertz CT molecular complexity index is 514. The molecule has 22 heavy (non-hydrogen) atoms. The number of hydrogen-bond donors (Lipinski definition) is 0. The van der Waals surface area contributed by atoms with Crippen molar-refractivity contribution in [2.75, 3.05) is 14.2 Å². The van der Waals surface area contributed by atoms with Gasteiger partial charge >= 0.3 is 0 Å². The SMILES string of the molecule is COc1ccc(CC/C=C\CCc2ccc(OC)cc2)cc1. The molecule has 2 rings (SSSR count). The van der Waals surface area contributed by atoms with Crippen molar-refractivity contribution >= 4 is 0 Å². The van der Waals surface area contributed by atoms with E-state index in [0.717, 1.165) is 37.2 Å². The van der Waals surface area contributed by atoms with E-state index < -0.39 is 0 Å². The van der Waals surface area contributed by atoms with Crippen molar-refractivity contribution in [2.24, 2.45) is 0 Å². The summed E-state index contributed by atoms with van der Waals surface area (Å²) in [6.07, 6.45) is 8.84. The molecule has 2 aromatic carbocycles. The molecule has 116 valence electrons. The highest BCUT2D eigenvalue weighted by molar-refractivity contribution is 5.28. The first-order chi connectivity index (χ1) is 10.8. The topological polar surface area (TPSA) is 18.5 Å². The number of ether oxygens (including phenoxy) is 2. The van der Waals surface area contributed by atoms with E-state index in [4.69, 9.17) is 9.47 Å². The molecule has 0 aliphatic heterocycles. The van der Waals surface area contributed by atoms with E-state index in [2.05, 4.69) is 36.4 Å². The van der Waals surface area contributed by atoms with E-state index in [1.807, 2.05) is 24.3 Å². The molecule has 2 aromatic rings. The predicted molar refractivity (Wildman–Crippen MR) is 91.8 cm³/mol. The molecule has 0 radical (unpaired) electrons. The quantitative estimate of drug-likeness (QED) is 0.650. The van der Waals surface area contributed by atoms with Gasteiger partial charge in [0, 0.05) is 0 Å². The zero-order chi connectivity index (χ0) is 15.6. The fourth-order valence-corrected chi connectivity index (χ4v) is 2.32. The maximum atomic E-state index is 5.16. The van der Waals surface area contributed by atoms with Gasteiger partial charge in [0.05, 0.1) is 14.2 Å². The molecule has 0 aromatic heterocycles. The molecular weight excluding hydrogens is 272 g/mol. The van der Waals surface area contributed by atoms with Crippen LogP contribution in [0.1, 0.15) is 24.0 Å². The van der Waals surface area contributed by atoms with Gasteiger partial charge in [0.25, 0.3) is 0 Å². The van der Waals surface area contributed by atoms with Gasteiger partial charge in [-0.15, -0.1) is 0 Å². The van der Waals surface area contributed by atoms with Crippen molar-refractivity contribution < 1.29 is 9.47 Å². The molecule has 2 nitrogen and oxygen atoms in total. The summed E-state index contributed by atoms with van der Waals surface area (Å²) in [5.74, 6) is 1.83. The summed E-state index contributed by atoms with van der Waals surface area (Å²) in [4.78, 5) is 0. The predicted octanol–water partition coefficient (Wildman–Crippen LogP) is 4.83. The maximum absolute atomic E-state index is 5.16. The van der Waals surface area contributed by atoms with Gasteiger partial charge in [-0.3, -0.25) is 0 Å². The van der Waals surface area contributed by atoms with E-state index in [-0.39, 0.29) is 0 Å². The Morgan fingerprint density at radius 1 is 0.636 bits per heavy atom. The summed E-state index contributed by atoms with van der Waals surface area (Å²) in [6.45, 7) is 0. The second-order valence-corrected chi connectivity index (χ2v) is 5.24. The maximum Gasteiger partial charge on any atom is 0.118 e. The Kier molecular flexibility index (Phi) is 6.56. The number of benzene rings is 2. The van der Waals surface area contributed by atoms with E-state index in [0.29, 0.717) is 0 Å². The van der Waals surface area contributed by atoms with E-state index in [1.165, 1.54) is 11.1 Å². The van der Waals surface area contributed by atoms with Crippen LogP contribution in [0.3, 0.4) is 0 Å². The molecule has 0 saturated heterocycles. The lowest BCUT2D eigenvalue weighted by molar-refractivity contribution is 0.414. The van der Waals surface area contributed by atoms with Gasteiger partial charge in [-0.2, -0.15) is 0 Å². The second kappa shape index (κ2) is 8.93. The Hall–Kier alpha value is -2.22. The second-order valence-electron chi connectivity index (χ2n) is 5.24. The van der Waals surface area contributed by atoms with Crippen LogP contribution >= 0.6 is 0 Å². The molecule has 0 unspecified atom stereocenters. The van der Waals surface area contributed by atoms with Crippen molar-refractivity contribution in [2.45, 2.75) is 25.7 Å². The Morgan fingerprint density at radius 3 is 1.32 bits per heavy atom. The normalized spacial score (nSPS) is 10.8. The average molecular weight is 296 g/mol. The van der Waals surface area contributed by atoms with Crippen LogP contribution in [0.4, 0.5) is 0 Å². The van der Waals surface area contributed by atoms with Crippen LogP contribution in [0.15, 0.2) is 60.7 Å². The molecule has 0 aliphatic rings. The first kappa shape index (κ1) is 16.2. The van der Waals surface area contributed by atoms with Crippen LogP contribution in [-0.2, 0) is 12.8 Å². The van der Waals surface area contributed by atoms with Crippen molar-refractivity contribution in [1.29, 1.82) is 0 Å². The van der Waals surface area contributed by atoms with Gasteiger partial charge in [0.1, 0.15) is 11.5 Å². The van der Waals surface area contributed by atoms with Crippen molar-refractivity contribution in [3.63, 3.8) is 0 Å². The van der Waals surface area contributed by atoms with Gasteiger partial charge in [0.15, 0.2) is 0 Å². The lowest BCUT2D eigenvalue weighted by Gasteiger charge is -2.02. The largest absolute Gasteiger partial charge is 0.497 e. The van der Waals surface area contributed by atoms with Crippen molar-refractivity contribution in [1.82, 2.24) is 0 Å². The number of aryl methyl sites for hydroxylation is 2.